The third-order valence-corrected chi connectivity index (χ3v) is 3.64. The lowest BCUT2D eigenvalue weighted by atomic mass is 10.1. The predicted molar refractivity (Wildman–Crippen MR) is 91.0 cm³/mol. The van der Waals surface area contributed by atoms with E-state index in [9.17, 15) is 14.4 Å². The van der Waals surface area contributed by atoms with Crippen LogP contribution >= 0.6 is 0 Å². The van der Waals surface area contributed by atoms with E-state index in [4.69, 9.17) is 4.74 Å². The number of anilines is 1. The molecule has 0 aromatic heterocycles. The monoisotopic (exact) mass is 339 g/mol. The summed E-state index contributed by atoms with van der Waals surface area (Å²) in [6, 6.07) is 14.8. The van der Waals surface area contributed by atoms with E-state index in [0.29, 0.717) is 11.3 Å². The fourth-order valence-corrected chi connectivity index (χ4v) is 2.41. The molecule has 0 saturated carbocycles. The number of hydrogen-bond donors (Lipinski definition) is 3. The Morgan fingerprint density at radius 3 is 2.40 bits per heavy atom. The molecule has 3 rings (SSSR count). The quantitative estimate of drug-likeness (QED) is 0.701. The lowest BCUT2D eigenvalue weighted by Crippen LogP contribution is -2.22. The molecule has 25 heavy (non-hydrogen) atoms. The summed E-state index contributed by atoms with van der Waals surface area (Å²) in [6.07, 6.45) is 0.220. The normalized spacial score (nSPS) is 16.1. The van der Waals surface area contributed by atoms with Gasteiger partial charge < -0.3 is 15.4 Å². The highest BCUT2D eigenvalue weighted by Gasteiger charge is 2.30. The summed E-state index contributed by atoms with van der Waals surface area (Å²) < 4.78 is 5.48. The van der Waals surface area contributed by atoms with Gasteiger partial charge in [0.05, 0.1) is 13.0 Å². The molecule has 1 aliphatic rings. The minimum Gasteiger partial charge on any atom is -0.493 e. The molecule has 1 saturated heterocycles. The van der Waals surface area contributed by atoms with E-state index >= 15 is 0 Å². The summed E-state index contributed by atoms with van der Waals surface area (Å²) in [7, 11) is 0. The van der Waals surface area contributed by atoms with Crippen LogP contribution in [0.5, 0.6) is 5.75 Å². The van der Waals surface area contributed by atoms with E-state index in [0.717, 1.165) is 5.75 Å². The van der Waals surface area contributed by atoms with E-state index in [1.807, 2.05) is 30.3 Å². The van der Waals surface area contributed by atoms with Crippen molar-refractivity contribution >= 4 is 23.5 Å². The topological polar surface area (TPSA) is 96.5 Å². The highest BCUT2D eigenvalue weighted by Crippen LogP contribution is 2.19. The number of para-hydroxylation sites is 1. The molecule has 1 heterocycles. The first-order valence-electron chi connectivity index (χ1n) is 7.81. The predicted octanol–water partition coefficient (Wildman–Crippen LogP) is 1.97. The summed E-state index contributed by atoms with van der Waals surface area (Å²) in [5.74, 6) is 0.159. The Kier molecular flexibility index (Phi) is 4.94. The summed E-state index contributed by atoms with van der Waals surface area (Å²) in [5, 5.41) is 7.46. The van der Waals surface area contributed by atoms with Crippen molar-refractivity contribution in [3.63, 3.8) is 0 Å². The van der Waals surface area contributed by atoms with Crippen LogP contribution in [0, 0.1) is 0 Å². The van der Waals surface area contributed by atoms with Crippen LogP contribution in [0.1, 0.15) is 18.0 Å². The molecular weight excluding hydrogens is 322 g/mol. The Bertz CT molecular complexity index is 775. The van der Waals surface area contributed by atoms with Gasteiger partial charge in [0.2, 0.25) is 5.91 Å². The molecule has 1 aliphatic heterocycles. The average Bonchev–Trinajstić information content (AvgIpc) is 2.95. The molecule has 1 atom stereocenters. The fourth-order valence-electron chi connectivity index (χ4n) is 2.41. The van der Waals surface area contributed by atoms with Gasteiger partial charge in [0.25, 0.3) is 5.91 Å². The van der Waals surface area contributed by atoms with Crippen LogP contribution in [0.3, 0.4) is 0 Å². The molecule has 128 valence electrons. The molecule has 7 heteroatoms. The minimum absolute atomic E-state index is 0.171. The molecule has 0 spiro atoms. The van der Waals surface area contributed by atoms with E-state index in [1.54, 1.807) is 24.3 Å². The van der Waals surface area contributed by atoms with Gasteiger partial charge in [-0.15, -0.1) is 0 Å². The van der Waals surface area contributed by atoms with Crippen molar-refractivity contribution in [3.05, 3.63) is 60.2 Å². The van der Waals surface area contributed by atoms with Gasteiger partial charge in [0.1, 0.15) is 11.8 Å². The highest BCUT2D eigenvalue weighted by atomic mass is 16.5. The van der Waals surface area contributed by atoms with Crippen molar-refractivity contribution in [1.29, 1.82) is 0 Å². The Morgan fingerprint density at radius 1 is 1.04 bits per heavy atom. The van der Waals surface area contributed by atoms with Crippen molar-refractivity contribution in [2.75, 3.05) is 11.9 Å². The molecule has 0 bridgehead atoms. The molecule has 2 aromatic carbocycles. The molecule has 1 unspecified atom stereocenters. The summed E-state index contributed by atoms with van der Waals surface area (Å²) in [5.41, 5.74) is 1.26. The van der Waals surface area contributed by atoms with Crippen LogP contribution in [-0.2, 0) is 9.59 Å². The minimum atomic E-state index is -0.698. The number of imide groups is 1. The Hall–Kier alpha value is -3.35. The van der Waals surface area contributed by atoms with Crippen LogP contribution in [0.25, 0.3) is 0 Å². The number of rotatable bonds is 6. The second kappa shape index (κ2) is 7.48. The SMILES string of the molecule is O=C(CCOc1ccccc1)Nc1ccc(C2NC(=O)NC2=O)cc1. The summed E-state index contributed by atoms with van der Waals surface area (Å²) in [4.78, 5) is 34.7. The molecule has 4 amide bonds. The van der Waals surface area contributed by atoms with E-state index < -0.39 is 12.1 Å². The zero-order chi connectivity index (χ0) is 17.6. The van der Waals surface area contributed by atoms with Crippen molar-refractivity contribution in [2.24, 2.45) is 0 Å². The number of ether oxygens (including phenoxy) is 1. The van der Waals surface area contributed by atoms with Gasteiger partial charge in [0.15, 0.2) is 0 Å². The first kappa shape index (κ1) is 16.5. The van der Waals surface area contributed by atoms with Gasteiger partial charge in [0, 0.05) is 5.69 Å². The zero-order valence-electron chi connectivity index (χ0n) is 13.3. The smallest absolute Gasteiger partial charge is 0.322 e. The van der Waals surface area contributed by atoms with E-state index in [-0.39, 0.29) is 24.8 Å². The number of amides is 4. The molecule has 2 aromatic rings. The molecular formula is C18H17N3O4. The first-order chi connectivity index (χ1) is 12.1. The second-order valence-electron chi connectivity index (χ2n) is 5.48. The van der Waals surface area contributed by atoms with Crippen molar-refractivity contribution < 1.29 is 19.1 Å². The zero-order valence-corrected chi connectivity index (χ0v) is 13.3. The number of benzene rings is 2. The molecule has 7 nitrogen and oxygen atoms in total. The van der Waals surface area contributed by atoms with Gasteiger partial charge in [-0.3, -0.25) is 14.9 Å². The maximum Gasteiger partial charge on any atom is 0.322 e. The largest absolute Gasteiger partial charge is 0.493 e. The van der Waals surface area contributed by atoms with Crippen molar-refractivity contribution in [1.82, 2.24) is 10.6 Å². The van der Waals surface area contributed by atoms with Gasteiger partial charge in [-0.2, -0.15) is 0 Å². The van der Waals surface area contributed by atoms with Crippen LogP contribution in [-0.4, -0.2) is 24.5 Å². The maximum absolute atomic E-state index is 11.9. The molecule has 3 N–H and O–H groups in total. The van der Waals surface area contributed by atoms with Gasteiger partial charge in [-0.25, -0.2) is 4.79 Å². The Labute approximate surface area is 144 Å². The Balaban J connectivity index is 1.48. The number of urea groups is 1. The fraction of sp³-hybridized carbons (Fsp3) is 0.167. The van der Waals surface area contributed by atoms with Crippen LogP contribution in [0.15, 0.2) is 54.6 Å². The van der Waals surface area contributed by atoms with Crippen LogP contribution in [0.4, 0.5) is 10.5 Å². The van der Waals surface area contributed by atoms with Crippen LogP contribution < -0.4 is 20.7 Å². The Morgan fingerprint density at radius 2 is 1.76 bits per heavy atom. The van der Waals surface area contributed by atoms with Crippen molar-refractivity contribution in [3.8, 4) is 5.75 Å². The first-order valence-corrected chi connectivity index (χ1v) is 7.81. The number of hydrogen-bond acceptors (Lipinski definition) is 4. The summed E-state index contributed by atoms with van der Waals surface area (Å²) >= 11 is 0. The van der Waals surface area contributed by atoms with E-state index in [1.165, 1.54) is 0 Å². The van der Waals surface area contributed by atoms with E-state index in [2.05, 4.69) is 16.0 Å². The number of carbonyl (C=O) groups is 3. The maximum atomic E-state index is 11.9. The molecule has 1 fully saturated rings. The number of nitrogens with one attached hydrogen (secondary N) is 3. The highest BCUT2D eigenvalue weighted by molar-refractivity contribution is 6.04. The lowest BCUT2D eigenvalue weighted by Gasteiger charge is -2.10. The van der Waals surface area contributed by atoms with Gasteiger partial charge in [-0.05, 0) is 29.8 Å². The van der Waals surface area contributed by atoms with Crippen LogP contribution in [0.2, 0.25) is 0 Å². The van der Waals surface area contributed by atoms with Crippen molar-refractivity contribution in [2.45, 2.75) is 12.5 Å². The second-order valence-corrected chi connectivity index (χ2v) is 5.48. The average molecular weight is 339 g/mol. The number of carbonyl (C=O) groups excluding carboxylic acids is 3. The van der Waals surface area contributed by atoms with Gasteiger partial charge >= 0.3 is 6.03 Å². The summed E-state index contributed by atoms with van der Waals surface area (Å²) in [6.45, 7) is 0.280. The third-order valence-electron chi connectivity index (χ3n) is 3.64. The third kappa shape index (κ3) is 4.35. The lowest BCUT2D eigenvalue weighted by molar-refractivity contribution is -0.120. The van der Waals surface area contributed by atoms with Gasteiger partial charge in [-0.1, -0.05) is 30.3 Å². The standard InChI is InChI=1S/C18H17N3O4/c22-15(10-11-25-14-4-2-1-3-5-14)19-13-8-6-12(7-9-13)16-17(23)21-18(24)20-16/h1-9,16H,10-11H2,(H,19,22)(H2,20,21,23,24). The molecule has 0 aliphatic carbocycles. The molecule has 0 radical (unpaired) electrons.